The summed E-state index contributed by atoms with van der Waals surface area (Å²) in [6.45, 7) is 5.12. The van der Waals surface area contributed by atoms with Gasteiger partial charge in [0.2, 0.25) is 12.7 Å². The standard InChI is InChI=1S/C14H16FNO3.C14H10FNO3.C9H7IO4.C8H7BrO2.C8H13NO3S2/c15-9-4-3-5-10(8-9)16-13(17)11-6-1-2-7-12(11)14(18)19;15-11-7-3-4-8-12(11)16-13(17)9-5-1-2-6-10(9)14(18)19;10-6-3-8-7(13-4-14-8)1-5(6)2-9(11)12;1-5-4-6(8(10)11)2-3-7(5)9;10-7(11)1-6-14-8(13)9-2-4-12-5-3-9/h3-5,8,11-12H,1-2,6-7H2,(H,16,17)(H,18,19);1-8H,(H,16,17)(H,18,19);1,3H,2,4H2,(H,11,12);2-4H,1H3,(H,10,11);1-6H2,(H,10,11). The largest absolute Gasteiger partial charge is 0.481 e. The monoisotopic (exact) mass is 1280 g/mol. The molecule has 3 aliphatic rings. The van der Waals surface area contributed by atoms with Gasteiger partial charge in [0.05, 0.1) is 60.3 Å². The number of aryl methyl sites for hydroxylation is 1. The first kappa shape index (κ1) is 62.8. The minimum absolute atomic E-state index is 0.00712. The van der Waals surface area contributed by atoms with Crippen LogP contribution in [0.1, 0.15) is 74.3 Å². The SMILES string of the molecule is Cc1cc(C(=O)O)ccc1Br.O=C(O)C1CCCCC1C(=O)Nc1cccc(F)c1.O=C(O)CCSC(=S)N1CCOCC1.O=C(O)Cc1cc2c(cc1I)OCO2.O=C(O)c1ccccc1C(=O)Nc1ccccc1F. The number of carbonyl (C=O) groups is 7. The van der Waals surface area contributed by atoms with E-state index in [0.29, 0.717) is 54.6 Å². The van der Waals surface area contributed by atoms with Crippen LogP contribution in [0.2, 0.25) is 0 Å². The zero-order valence-corrected chi connectivity index (χ0v) is 46.4. The number of para-hydroxylation sites is 1. The molecule has 0 aromatic heterocycles. The van der Waals surface area contributed by atoms with Gasteiger partial charge in [-0.3, -0.25) is 24.0 Å². The van der Waals surface area contributed by atoms with E-state index in [1.54, 1.807) is 48.5 Å². The van der Waals surface area contributed by atoms with E-state index in [0.717, 1.165) is 49.4 Å². The molecule has 0 spiro atoms. The van der Waals surface area contributed by atoms with E-state index in [1.807, 2.05) is 6.92 Å². The highest BCUT2D eigenvalue weighted by molar-refractivity contribution is 14.1. The third kappa shape index (κ3) is 21.3. The number of benzene rings is 5. The number of anilines is 2. The fourth-order valence-corrected chi connectivity index (χ4v) is 9.38. The van der Waals surface area contributed by atoms with Gasteiger partial charge in [-0.25, -0.2) is 18.4 Å². The van der Waals surface area contributed by atoms with Crippen molar-refractivity contribution in [2.24, 2.45) is 11.8 Å². The number of aromatic carboxylic acids is 2. The van der Waals surface area contributed by atoms with Crippen LogP contribution in [0.15, 0.2) is 108 Å². The average Bonchev–Trinajstić information content (AvgIpc) is 3.86. The van der Waals surface area contributed by atoms with Gasteiger partial charge in [0, 0.05) is 32.6 Å². The van der Waals surface area contributed by atoms with Crippen LogP contribution in [-0.4, -0.2) is 115 Å². The highest BCUT2D eigenvalue weighted by Crippen LogP contribution is 2.36. The third-order valence-corrected chi connectivity index (χ3v) is 14.6. The normalized spacial score (nSPS) is 14.8. The van der Waals surface area contributed by atoms with Crippen molar-refractivity contribution in [3.8, 4) is 11.5 Å². The maximum absolute atomic E-state index is 13.4. The first-order valence-electron chi connectivity index (χ1n) is 23.3. The summed E-state index contributed by atoms with van der Waals surface area (Å²) in [5.41, 5.74) is 2.24. The van der Waals surface area contributed by atoms with Crippen molar-refractivity contribution in [3.05, 3.63) is 151 Å². The smallest absolute Gasteiger partial charge is 0.336 e. The zero-order chi connectivity index (χ0) is 56.6. The van der Waals surface area contributed by atoms with Crippen LogP contribution < -0.4 is 20.1 Å². The lowest BCUT2D eigenvalue weighted by molar-refractivity contribution is -0.147. The lowest BCUT2D eigenvalue weighted by atomic mass is 9.78. The maximum Gasteiger partial charge on any atom is 0.336 e. The van der Waals surface area contributed by atoms with E-state index in [-0.39, 0.29) is 42.4 Å². The second-order valence-electron chi connectivity index (χ2n) is 16.6. The van der Waals surface area contributed by atoms with Crippen LogP contribution >= 0.6 is 62.5 Å². The fraction of sp³-hybridized carbons (Fsp3) is 0.283. The van der Waals surface area contributed by atoms with Crippen LogP contribution in [0.4, 0.5) is 20.2 Å². The number of hydrogen-bond acceptors (Lipinski definition) is 12. The van der Waals surface area contributed by atoms with E-state index in [2.05, 4.69) is 54.1 Å². The Balaban J connectivity index is 0.000000211. The van der Waals surface area contributed by atoms with Gasteiger partial charge in [-0.2, -0.15) is 0 Å². The van der Waals surface area contributed by atoms with Crippen molar-refractivity contribution in [1.29, 1.82) is 0 Å². The van der Waals surface area contributed by atoms with Gasteiger partial charge in [-0.05, 0) is 126 Å². The summed E-state index contributed by atoms with van der Waals surface area (Å²) in [4.78, 5) is 79.5. The molecule has 2 aliphatic heterocycles. The molecule has 5 aromatic carbocycles. The molecule has 410 valence electrons. The summed E-state index contributed by atoms with van der Waals surface area (Å²) >= 11 is 12.0. The summed E-state index contributed by atoms with van der Waals surface area (Å²) in [5, 5.41) is 48.7. The van der Waals surface area contributed by atoms with Gasteiger partial charge in [0.25, 0.3) is 5.91 Å². The topological polar surface area (TPSA) is 276 Å². The van der Waals surface area contributed by atoms with Crippen LogP contribution in [0.5, 0.6) is 11.5 Å². The summed E-state index contributed by atoms with van der Waals surface area (Å²) in [7, 11) is 0. The number of carboxylic acids is 5. The summed E-state index contributed by atoms with van der Waals surface area (Å²) in [6, 6.07) is 25.5. The van der Waals surface area contributed by atoms with E-state index in [1.165, 1.54) is 66.4 Å². The van der Waals surface area contributed by atoms with E-state index in [9.17, 15) is 42.3 Å². The Labute approximate surface area is 472 Å². The molecule has 1 aliphatic carbocycles. The number of nitrogens with zero attached hydrogens (tertiary/aromatic N) is 1. The predicted octanol–water partition coefficient (Wildman–Crippen LogP) is 10.3. The second-order valence-corrected chi connectivity index (χ2v) is 20.4. The molecular weight excluding hydrogens is 1230 g/mol. The van der Waals surface area contributed by atoms with Crippen molar-refractivity contribution in [2.75, 3.05) is 49.5 Å². The summed E-state index contributed by atoms with van der Waals surface area (Å²) in [6.07, 6.45) is 2.95. The van der Waals surface area contributed by atoms with Gasteiger partial charge in [-0.15, -0.1) is 0 Å². The number of carboxylic acid groups (broad SMARTS) is 5. The highest BCUT2D eigenvalue weighted by atomic mass is 127. The van der Waals surface area contributed by atoms with Crippen LogP contribution in [-0.2, 0) is 30.3 Å². The molecule has 0 bridgehead atoms. The van der Waals surface area contributed by atoms with E-state index >= 15 is 0 Å². The molecule has 18 nitrogen and oxygen atoms in total. The van der Waals surface area contributed by atoms with Crippen LogP contribution in [0, 0.1) is 34.0 Å². The molecule has 2 amide bonds. The molecule has 2 fully saturated rings. The van der Waals surface area contributed by atoms with Gasteiger partial charge >= 0.3 is 29.8 Å². The Hall–Kier alpha value is -6.74. The Morgan fingerprint density at radius 3 is 1.99 bits per heavy atom. The number of hydrogen-bond donors (Lipinski definition) is 7. The molecule has 7 N–H and O–H groups in total. The quantitative estimate of drug-likeness (QED) is 0.0452. The third-order valence-electron chi connectivity index (χ3n) is 11.1. The van der Waals surface area contributed by atoms with Gasteiger partial charge in [-0.1, -0.05) is 83.1 Å². The molecule has 2 heterocycles. The first-order valence-corrected chi connectivity index (χ1v) is 26.6. The molecule has 5 aromatic rings. The summed E-state index contributed by atoms with van der Waals surface area (Å²) < 4.78 is 44.5. The van der Waals surface area contributed by atoms with Gasteiger partial charge < -0.3 is 55.3 Å². The summed E-state index contributed by atoms with van der Waals surface area (Å²) in [5.74, 6) is -5.98. The first-order chi connectivity index (χ1) is 36.6. The number of nitrogens with one attached hydrogen (secondary N) is 2. The number of ether oxygens (including phenoxy) is 3. The van der Waals surface area contributed by atoms with Crippen molar-refractivity contribution in [2.45, 2.75) is 45.4 Å². The van der Waals surface area contributed by atoms with Crippen LogP contribution in [0.25, 0.3) is 0 Å². The van der Waals surface area contributed by atoms with E-state index < -0.39 is 59.2 Å². The minimum Gasteiger partial charge on any atom is -0.481 e. The number of morpholine rings is 1. The lowest BCUT2D eigenvalue weighted by Gasteiger charge is -2.28. The number of thioether (sulfide) groups is 1. The molecule has 0 radical (unpaired) electrons. The highest BCUT2D eigenvalue weighted by Gasteiger charge is 2.35. The fourth-order valence-electron chi connectivity index (χ4n) is 7.26. The number of rotatable bonds is 12. The van der Waals surface area contributed by atoms with Crippen molar-refractivity contribution in [3.63, 3.8) is 0 Å². The molecule has 77 heavy (non-hydrogen) atoms. The molecule has 1 saturated heterocycles. The predicted molar refractivity (Wildman–Crippen MR) is 298 cm³/mol. The Morgan fingerprint density at radius 2 is 1.39 bits per heavy atom. The van der Waals surface area contributed by atoms with Crippen molar-refractivity contribution in [1.82, 2.24) is 4.90 Å². The Morgan fingerprint density at radius 1 is 0.753 bits per heavy atom. The molecule has 2 unspecified atom stereocenters. The van der Waals surface area contributed by atoms with Gasteiger partial charge in [0.1, 0.15) is 16.0 Å². The van der Waals surface area contributed by atoms with E-state index in [4.69, 9.17) is 52.0 Å². The molecule has 2 atom stereocenters. The average molecular weight is 1280 g/mol. The Kier molecular flexibility index (Phi) is 26.2. The van der Waals surface area contributed by atoms with Crippen molar-refractivity contribution >= 4 is 120 Å². The Bertz CT molecular complexity index is 2910. The molecular formula is C53H53BrF2IN3O15S2. The van der Waals surface area contributed by atoms with Crippen molar-refractivity contribution < 1.29 is 82.1 Å². The molecule has 1 saturated carbocycles. The number of aliphatic carboxylic acids is 3. The minimum atomic E-state index is -1.21. The molecule has 8 rings (SSSR count). The number of amides is 2. The maximum atomic E-state index is 13.4. The van der Waals surface area contributed by atoms with Crippen LogP contribution in [0.3, 0.4) is 0 Å². The number of carbonyl (C=O) groups excluding carboxylic acids is 2. The number of thiocarbonyl (C=S) groups is 1. The second kappa shape index (κ2) is 32.1. The number of fused-ring (bicyclic) bond motifs is 1. The number of halogens is 4. The zero-order valence-electron chi connectivity index (χ0n) is 41.0. The van der Waals surface area contributed by atoms with Gasteiger partial charge in [0.15, 0.2) is 11.5 Å². The molecule has 24 heteroatoms. The lowest BCUT2D eigenvalue weighted by Crippen LogP contribution is -2.38.